The van der Waals surface area contributed by atoms with Crippen LogP contribution in [0.1, 0.15) is 21.5 Å². The van der Waals surface area contributed by atoms with E-state index in [0.717, 1.165) is 11.1 Å². The van der Waals surface area contributed by atoms with Gasteiger partial charge in [0.15, 0.2) is 9.84 Å². The van der Waals surface area contributed by atoms with Gasteiger partial charge in [-0.2, -0.15) is 0 Å². The van der Waals surface area contributed by atoms with Gasteiger partial charge in [0.25, 0.3) is 11.8 Å². The Labute approximate surface area is 203 Å². The number of amides is 2. The van der Waals surface area contributed by atoms with Gasteiger partial charge in [0.1, 0.15) is 0 Å². The summed E-state index contributed by atoms with van der Waals surface area (Å²) in [4.78, 5) is 33.0. The van der Waals surface area contributed by atoms with E-state index in [2.05, 4.69) is 15.6 Å². The molecule has 2 heterocycles. The van der Waals surface area contributed by atoms with Gasteiger partial charge in [0.05, 0.1) is 28.5 Å². The lowest BCUT2D eigenvalue weighted by Crippen LogP contribution is -2.44. The number of hydrogen-bond acceptors (Lipinski definition) is 6. The first-order valence-corrected chi connectivity index (χ1v) is 13.1. The van der Waals surface area contributed by atoms with E-state index in [-0.39, 0.29) is 11.5 Å². The lowest BCUT2D eigenvalue weighted by atomic mass is 10.0. The van der Waals surface area contributed by atoms with Gasteiger partial charge in [-0.1, -0.05) is 60.7 Å². The van der Waals surface area contributed by atoms with Gasteiger partial charge >= 0.3 is 0 Å². The monoisotopic (exact) mass is 488 g/mol. The fourth-order valence-corrected chi connectivity index (χ4v) is 5.48. The van der Waals surface area contributed by atoms with Crippen LogP contribution < -0.4 is 15.5 Å². The molecule has 3 aromatic rings. The fraction of sp³-hybridized carbons (Fsp3) is 0.192. The summed E-state index contributed by atoms with van der Waals surface area (Å²) in [6, 6.07) is 23.9. The van der Waals surface area contributed by atoms with Crippen molar-refractivity contribution in [1.29, 1.82) is 0 Å². The smallest absolute Gasteiger partial charge is 0.269 e. The number of nitrogens with zero attached hydrogens (tertiary/aromatic N) is 2. The van der Waals surface area contributed by atoms with Gasteiger partial charge in [0.2, 0.25) is 6.17 Å². The molecule has 35 heavy (non-hydrogen) atoms. The van der Waals surface area contributed by atoms with Crippen molar-refractivity contribution in [3.05, 3.63) is 95.6 Å². The minimum Gasteiger partial charge on any atom is -0.369 e. The van der Waals surface area contributed by atoms with Gasteiger partial charge in [-0.3, -0.25) is 9.59 Å². The lowest BCUT2D eigenvalue weighted by molar-refractivity contribution is -0.117. The number of para-hydroxylation sites is 2. The van der Waals surface area contributed by atoms with Crippen molar-refractivity contribution < 1.29 is 18.0 Å². The molecule has 1 atom stereocenters. The third-order valence-electron chi connectivity index (χ3n) is 6.10. The molecule has 8 nitrogen and oxygen atoms in total. The molecule has 1 saturated heterocycles. The predicted octanol–water partition coefficient (Wildman–Crippen LogP) is 2.47. The maximum atomic E-state index is 13.4. The van der Waals surface area contributed by atoms with Gasteiger partial charge in [0, 0.05) is 29.9 Å². The predicted molar refractivity (Wildman–Crippen MR) is 136 cm³/mol. The van der Waals surface area contributed by atoms with E-state index in [1.165, 1.54) is 0 Å². The Morgan fingerprint density at radius 2 is 1.57 bits per heavy atom. The molecule has 5 rings (SSSR count). The summed E-state index contributed by atoms with van der Waals surface area (Å²) < 4.78 is 23.7. The van der Waals surface area contributed by atoms with Gasteiger partial charge in [-0.05, 0) is 18.2 Å². The van der Waals surface area contributed by atoms with Gasteiger partial charge in [-0.25, -0.2) is 13.4 Å². The van der Waals surface area contributed by atoms with Crippen LogP contribution in [0.15, 0.2) is 83.9 Å². The number of fused-ring (bicyclic) bond motifs is 1. The highest BCUT2D eigenvalue weighted by atomic mass is 32.2. The van der Waals surface area contributed by atoms with Crippen molar-refractivity contribution in [2.24, 2.45) is 4.99 Å². The number of nitrogens with one attached hydrogen (secondary N) is 2. The number of benzene rings is 3. The van der Waals surface area contributed by atoms with Gasteiger partial charge < -0.3 is 15.5 Å². The Morgan fingerprint density at radius 1 is 0.914 bits per heavy atom. The zero-order chi connectivity index (χ0) is 24.4. The SMILES string of the molecule is O=C(N[C@H]1N=C(c2ccccc2)c2ccccc2NC1=O)c1ccccc1N1CCS(=O)(=O)CC1. The van der Waals surface area contributed by atoms with Crippen LogP contribution in [0.3, 0.4) is 0 Å². The zero-order valence-electron chi connectivity index (χ0n) is 18.8. The molecule has 0 aromatic heterocycles. The molecule has 0 saturated carbocycles. The quantitative estimate of drug-likeness (QED) is 0.587. The van der Waals surface area contributed by atoms with E-state index in [1.54, 1.807) is 30.3 Å². The van der Waals surface area contributed by atoms with Crippen LogP contribution in [0.2, 0.25) is 0 Å². The summed E-state index contributed by atoms with van der Waals surface area (Å²) in [5, 5.41) is 5.64. The molecule has 2 amide bonds. The standard InChI is InChI=1S/C26H24N4O4S/c31-25(20-11-5-7-13-22(20)30-14-16-35(33,34)17-15-30)29-24-26(32)27-21-12-6-4-10-19(21)23(28-24)18-8-2-1-3-9-18/h1-13,24H,14-17H2,(H,27,32)(H,29,31)/t24-/m1/s1. The number of benzodiazepines with no additional fused rings is 1. The fourth-order valence-electron chi connectivity index (χ4n) is 4.28. The highest BCUT2D eigenvalue weighted by molar-refractivity contribution is 7.91. The van der Waals surface area contributed by atoms with Crippen molar-refractivity contribution in [2.75, 3.05) is 34.8 Å². The number of aliphatic imine (C=N–C) groups is 1. The molecule has 2 aliphatic heterocycles. The average Bonchev–Trinajstić information content (AvgIpc) is 3.01. The molecule has 2 N–H and O–H groups in total. The summed E-state index contributed by atoms with van der Waals surface area (Å²) in [5.74, 6) is -0.830. The van der Waals surface area contributed by atoms with E-state index in [1.807, 2.05) is 53.4 Å². The van der Waals surface area contributed by atoms with E-state index in [0.29, 0.717) is 35.7 Å². The molecule has 0 spiro atoms. The van der Waals surface area contributed by atoms with E-state index in [9.17, 15) is 18.0 Å². The van der Waals surface area contributed by atoms with Gasteiger partial charge in [-0.15, -0.1) is 0 Å². The zero-order valence-corrected chi connectivity index (χ0v) is 19.7. The van der Waals surface area contributed by atoms with Crippen LogP contribution in [0.5, 0.6) is 0 Å². The highest BCUT2D eigenvalue weighted by Crippen LogP contribution is 2.25. The molecule has 2 aliphatic rings. The minimum atomic E-state index is -3.06. The third kappa shape index (κ3) is 4.81. The Balaban J connectivity index is 1.47. The summed E-state index contributed by atoms with van der Waals surface area (Å²) in [7, 11) is -3.06. The molecular formula is C26H24N4O4S. The molecule has 0 radical (unpaired) electrons. The van der Waals surface area contributed by atoms with Crippen LogP contribution in [0, 0.1) is 0 Å². The Bertz CT molecular complexity index is 1410. The molecule has 0 aliphatic carbocycles. The van der Waals surface area contributed by atoms with Crippen LogP contribution in [0.4, 0.5) is 11.4 Å². The molecule has 1 fully saturated rings. The minimum absolute atomic E-state index is 0.0387. The highest BCUT2D eigenvalue weighted by Gasteiger charge is 2.29. The second-order valence-electron chi connectivity index (χ2n) is 8.41. The Morgan fingerprint density at radius 3 is 2.34 bits per heavy atom. The van der Waals surface area contributed by atoms with Crippen molar-refractivity contribution in [3.63, 3.8) is 0 Å². The van der Waals surface area contributed by atoms with Crippen LogP contribution >= 0.6 is 0 Å². The van der Waals surface area contributed by atoms with Crippen molar-refractivity contribution >= 4 is 38.7 Å². The third-order valence-corrected chi connectivity index (χ3v) is 7.70. The first-order chi connectivity index (χ1) is 16.9. The maximum Gasteiger partial charge on any atom is 0.269 e. The molecule has 0 unspecified atom stereocenters. The summed E-state index contributed by atoms with van der Waals surface area (Å²) in [6.07, 6.45) is -1.15. The molecule has 178 valence electrons. The van der Waals surface area contributed by atoms with Crippen LogP contribution in [0.25, 0.3) is 0 Å². The first kappa shape index (κ1) is 22.8. The van der Waals surface area contributed by atoms with E-state index in [4.69, 9.17) is 0 Å². The van der Waals surface area contributed by atoms with Crippen molar-refractivity contribution in [2.45, 2.75) is 6.17 Å². The maximum absolute atomic E-state index is 13.4. The Hall–Kier alpha value is -3.98. The summed E-state index contributed by atoms with van der Waals surface area (Å²) >= 11 is 0. The number of carbonyl (C=O) groups excluding carboxylic acids is 2. The Kier molecular flexibility index (Phi) is 6.08. The average molecular weight is 489 g/mol. The van der Waals surface area contributed by atoms with Crippen molar-refractivity contribution in [3.8, 4) is 0 Å². The number of sulfone groups is 1. The lowest BCUT2D eigenvalue weighted by Gasteiger charge is -2.30. The number of carbonyl (C=O) groups is 2. The largest absolute Gasteiger partial charge is 0.369 e. The molecule has 3 aromatic carbocycles. The molecule has 9 heteroatoms. The van der Waals surface area contributed by atoms with Crippen LogP contribution in [-0.2, 0) is 14.6 Å². The first-order valence-electron chi connectivity index (χ1n) is 11.3. The second-order valence-corrected chi connectivity index (χ2v) is 10.7. The molecular weight excluding hydrogens is 464 g/mol. The number of rotatable bonds is 4. The molecule has 0 bridgehead atoms. The summed E-state index contributed by atoms with van der Waals surface area (Å²) in [5.41, 5.74) is 3.79. The normalized spacial score (nSPS) is 19.1. The van der Waals surface area contributed by atoms with E-state index < -0.39 is 27.8 Å². The topological polar surface area (TPSA) is 108 Å². The van der Waals surface area contributed by atoms with Crippen molar-refractivity contribution in [1.82, 2.24) is 5.32 Å². The van der Waals surface area contributed by atoms with Crippen LogP contribution in [-0.4, -0.2) is 56.7 Å². The summed E-state index contributed by atoms with van der Waals surface area (Å²) in [6.45, 7) is 0.615. The van der Waals surface area contributed by atoms with E-state index >= 15 is 0 Å². The number of hydrogen-bond donors (Lipinski definition) is 2. The second kappa shape index (κ2) is 9.34. The number of anilines is 2.